The van der Waals surface area contributed by atoms with Crippen LogP contribution in [0.25, 0.3) is 0 Å². The van der Waals surface area contributed by atoms with E-state index in [-0.39, 0.29) is 24.2 Å². The Kier molecular flexibility index (Phi) is 5.13. The SMILES string of the molecule is FC1(F)CCC(CC(CBr)(CBr)C2CCCC2)C1. The lowest BCUT2D eigenvalue weighted by molar-refractivity contribution is 0.00235. The molecule has 0 spiro atoms. The first-order chi connectivity index (χ1) is 8.51. The van der Waals surface area contributed by atoms with E-state index in [0.717, 1.165) is 17.1 Å². The van der Waals surface area contributed by atoms with Crippen molar-refractivity contribution in [2.75, 3.05) is 10.7 Å². The second kappa shape index (κ2) is 6.07. The molecule has 0 nitrogen and oxygen atoms in total. The van der Waals surface area contributed by atoms with E-state index in [2.05, 4.69) is 31.9 Å². The molecule has 1 atom stereocenters. The average molecular weight is 388 g/mol. The summed E-state index contributed by atoms with van der Waals surface area (Å²) in [4.78, 5) is 0. The van der Waals surface area contributed by atoms with E-state index in [0.29, 0.717) is 12.3 Å². The Morgan fingerprint density at radius 1 is 1.06 bits per heavy atom. The summed E-state index contributed by atoms with van der Waals surface area (Å²) in [5.41, 5.74) is 0.196. The van der Waals surface area contributed by atoms with Crippen LogP contribution in [0.2, 0.25) is 0 Å². The molecule has 0 aromatic rings. The summed E-state index contributed by atoms with van der Waals surface area (Å²) in [5, 5.41) is 1.88. The van der Waals surface area contributed by atoms with E-state index in [1.165, 1.54) is 25.7 Å². The maximum atomic E-state index is 13.3. The van der Waals surface area contributed by atoms with Crippen molar-refractivity contribution in [2.24, 2.45) is 17.3 Å². The van der Waals surface area contributed by atoms with E-state index < -0.39 is 5.92 Å². The Bertz CT molecular complexity index is 271. The third-order valence-electron chi connectivity index (χ3n) is 4.95. The van der Waals surface area contributed by atoms with Gasteiger partial charge in [-0.2, -0.15) is 0 Å². The third kappa shape index (κ3) is 3.28. The van der Waals surface area contributed by atoms with Crippen molar-refractivity contribution in [3.05, 3.63) is 0 Å². The summed E-state index contributed by atoms with van der Waals surface area (Å²) in [6, 6.07) is 0. The first-order valence-electron chi connectivity index (χ1n) is 7.01. The van der Waals surface area contributed by atoms with Crippen LogP contribution >= 0.6 is 31.9 Å². The molecule has 2 rings (SSSR count). The zero-order valence-corrected chi connectivity index (χ0v) is 13.9. The van der Waals surface area contributed by atoms with Gasteiger partial charge in [0.1, 0.15) is 0 Å². The van der Waals surface area contributed by atoms with Crippen molar-refractivity contribution < 1.29 is 8.78 Å². The van der Waals surface area contributed by atoms with Gasteiger partial charge < -0.3 is 0 Å². The van der Waals surface area contributed by atoms with Crippen LogP contribution < -0.4 is 0 Å². The average Bonchev–Trinajstić information content (AvgIpc) is 2.96. The number of hydrogen-bond donors (Lipinski definition) is 0. The van der Waals surface area contributed by atoms with Gasteiger partial charge in [-0.3, -0.25) is 0 Å². The van der Waals surface area contributed by atoms with Crippen LogP contribution in [0.1, 0.15) is 51.4 Å². The predicted molar refractivity (Wildman–Crippen MR) is 78.9 cm³/mol. The fourth-order valence-corrected chi connectivity index (χ4v) is 6.16. The van der Waals surface area contributed by atoms with Crippen molar-refractivity contribution in [1.82, 2.24) is 0 Å². The standard InChI is InChI=1S/C14H22Br2F2/c15-9-13(10-16,12-3-1-2-4-12)7-11-5-6-14(17,18)8-11/h11-12H,1-10H2. The number of halogens is 4. The largest absolute Gasteiger partial charge is 0.248 e. The molecule has 2 aliphatic rings. The Morgan fingerprint density at radius 3 is 2.11 bits per heavy atom. The maximum Gasteiger partial charge on any atom is 0.248 e. The molecule has 0 aromatic carbocycles. The van der Waals surface area contributed by atoms with Gasteiger partial charge in [0.05, 0.1) is 0 Å². The van der Waals surface area contributed by atoms with Gasteiger partial charge in [-0.15, -0.1) is 0 Å². The summed E-state index contributed by atoms with van der Waals surface area (Å²) in [7, 11) is 0. The maximum absolute atomic E-state index is 13.3. The number of hydrogen-bond acceptors (Lipinski definition) is 0. The molecule has 0 heterocycles. The normalized spacial score (nSPS) is 29.0. The molecule has 0 radical (unpaired) electrons. The molecule has 1 unspecified atom stereocenters. The minimum absolute atomic E-state index is 0.100. The highest BCUT2D eigenvalue weighted by atomic mass is 79.9. The molecule has 0 amide bonds. The molecule has 0 N–H and O–H groups in total. The highest BCUT2D eigenvalue weighted by Crippen LogP contribution is 2.50. The number of rotatable bonds is 5. The lowest BCUT2D eigenvalue weighted by Crippen LogP contribution is -2.35. The minimum atomic E-state index is -2.40. The van der Waals surface area contributed by atoms with E-state index in [4.69, 9.17) is 0 Å². The highest BCUT2D eigenvalue weighted by molar-refractivity contribution is 9.09. The van der Waals surface area contributed by atoms with Gasteiger partial charge in [-0.05, 0) is 42.9 Å². The molecule has 2 saturated carbocycles. The van der Waals surface area contributed by atoms with Crippen LogP contribution in [-0.4, -0.2) is 16.6 Å². The van der Waals surface area contributed by atoms with Crippen LogP contribution in [0.15, 0.2) is 0 Å². The van der Waals surface area contributed by atoms with Crippen LogP contribution in [-0.2, 0) is 0 Å². The third-order valence-corrected chi connectivity index (χ3v) is 7.19. The quantitative estimate of drug-likeness (QED) is 0.524. The predicted octanol–water partition coefficient (Wildman–Crippen LogP) is 5.78. The molecule has 0 aromatic heterocycles. The Hall–Kier alpha value is 0.820. The second-order valence-electron chi connectivity index (χ2n) is 6.28. The van der Waals surface area contributed by atoms with E-state index in [1.54, 1.807) is 0 Å². The van der Waals surface area contributed by atoms with E-state index in [1.807, 2.05) is 0 Å². The smallest absolute Gasteiger partial charge is 0.207 e. The van der Waals surface area contributed by atoms with Crippen molar-refractivity contribution in [2.45, 2.75) is 57.3 Å². The van der Waals surface area contributed by atoms with Crippen LogP contribution in [0.4, 0.5) is 8.78 Å². The molecule has 2 fully saturated rings. The zero-order valence-electron chi connectivity index (χ0n) is 10.7. The number of alkyl halides is 4. The lowest BCUT2D eigenvalue weighted by atomic mass is 9.71. The zero-order chi connectivity index (χ0) is 13.2. The molecule has 106 valence electrons. The molecule has 2 aliphatic carbocycles. The van der Waals surface area contributed by atoms with Gasteiger partial charge >= 0.3 is 0 Å². The molecule has 0 saturated heterocycles. The van der Waals surface area contributed by atoms with Gasteiger partial charge in [0.15, 0.2) is 0 Å². The highest BCUT2D eigenvalue weighted by Gasteiger charge is 2.45. The van der Waals surface area contributed by atoms with Crippen molar-refractivity contribution in [3.63, 3.8) is 0 Å². The van der Waals surface area contributed by atoms with Gasteiger partial charge in [0.2, 0.25) is 5.92 Å². The van der Waals surface area contributed by atoms with Gasteiger partial charge in [0.25, 0.3) is 0 Å². The lowest BCUT2D eigenvalue weighted by Gasteiger charge is -2.38. The minimum Gasteiger partial charge on any atom is -0.207 e. The summed E-state index contributed by atoms with van der Waals surface area (Å²) >= 11 is 7.32. The Morgan fingerprint density at radius 2 is 1.67 bits per heavy atom. The van der Waals surface area contributed by atoms with Crippen LogP contribution in [0, 0.1) is 17.3 Å². The molecule has 4 heteroatoms. The van der Waals surface area contributed by atoms with Crippen LogP contribution in [0.5, 0.6) is 0 Å². The molecular weight excluding hydrogens is 366 g/mol. The summed E-state index contributed by atoms with van der Waals surface area (Å²) in [5.74, 6) is -1.47. The fraction of sp³-hybridized carbons (Fsp3) is 1.00. The first-order valence-corrected chi connectivity index (χ1v) is 9.25. The Balaban J connectivity index is 2.01. The van der Waals surface area contributed by atoms with Gasteiger partial charge in [-0.1, -0.05) is 44.7 Å². The monoisotopic (exact) mass is 386 g/mol. The van der Waals surface area contributed by atoms with Gasteiger partial charge in [0, 0.05) is 23.5 Å². The van der Waals surface area contributed by atoms with Crippen molar-refractivity contribution in [1.29, 1.82) is 0 Å². The summed E-state index contributed by atoms with van der Waals surface area (Å²) in [6.45, 7) is 0. The molecule has 18 heavy (non-hydrogen) atoms. The topological polar surface area (TPSA) is 0 Å². The summed E-state index contributed by atoms with van der Waals surface area (Å²) < 4.78 is 26.7. The van der Waals surface area contributed by atoms with E-state index >= 15 is 0 Å². The van der Waals surface area contributed by atoms with E-state index in [9.17, 15) is 8.78 Å². The van der Waals surface area contributed by atoms with Crippen molar-refractivity contribution in [3.8, 4) is 0 Å². The fourth-order valence-electron chi connectivity index (χ4n) is 3.86. The molecular formula is C14H22Br2F2. The first kappa shape index (κ1) is 15.2. The molecule has 0 bridgehead atoms. The summed E-state index contributed by atoms with van der Waals surface area (Å²) in [6.07, 6.45) is 7.07. The van der Waals surface area contributed by atoms with Crippen LogP contribution in [0.3, 0.4) is 0 Å². The second-order valence-corrected chi connectivity index (χ2v) is 7.40. The van der Waals surface area contributed by atoms with Gasteiger partial charge in [-0.25, -0.2) is 8.78 Å². The Labute approximate surface area is 126 Å². The molecule has 0 aliphatic heterocycles. The van der Waals surface area contributed by atoms with Crippen molar-refractivity contribution >= 4 is 31.9 Å².